The Morgan fingerprint density at radius 3 is 2.87 bits per heavy atom. The van der Waals surface area contributed by atoms with E-state index in [0.717, 1.165) is 33.3 Å². The molecule has 0 saturated heterocycles. The number of hydrogen-bond acceptors (Lipinski definition) is 7. The molecule has 0 spiro atoms. The fourth-order valence-electron chi connectivity index (χ4n) is 1.97. The van der Waals surface area contributed by atoms with Gasteiger partial charge in [0.2, 0.25) is 0 Å². The molecule has 0 saturated carbocycles. The van der Waals surface area contributed by atoms with E-state index < -0.39 is 0 Å². The van der Waals surface area contributed by atoms with Crippen LogP contribution in [0.2, 0.25) is 0 Å². The Hall–Kier alpha value is -1.86. The Kier molecular flexibility index (Phi) is 4.97. The SMILES string of the molecule is Cc1ccc(C)c(OCc2nnc(SCc3csc(C)n3)o2)c1. The molecule has 0 fully saturated rings. The van der Waals surface area contributed by atoms with E-state index in [9.17, 15) is 0 Å². The van der Waals surface area contributed by atoms with Gasteiger partial charge in [-0.1, -0.05) is 23.9 Å². The molecule has 0 radical (unpaired) electrons. The quantitative estimate of drug-likeness (QED) is 0.619. The van der Waals surface area contributed by atoms with Crippen LogP contribution in [0.1, 0.15) is 27.7 Å². The van der Waals surface area contributed by atoms with Crippen LogP contribution in [0.4, 0.5) is 0 Å². The lowest BCUT2D eigenvalue weighted by Crippen LogP contribution is -1.97. The summed E-state index contributed by atoms with van der Waals surface area (Å²) in [5.41, 5.74) is 3.28. The number of hydrogen-bond donors (Lipinski definition) is 0. The predicted octanol–water partition coefficient (Wildman–Crippen LogP) is 4.32. The lowest BCUT2D eigenvalue weighted by atomic mass is 10.1. The van der Waals surface area contributed by atoms with E-state index >= 15 is 0 Å². The van der Waals surface area contributed by atoms with Gasteiger partial charge in [0.15, 0.2) is 6.61 Å². The molecule has 2 heterocycles. The van der Waals surface area contributed by atoms with Crippen molar-refractivity contribution in [2.75, 3.05) is 0 Å². The van der Waals surface area contributed by atoms with E-state index in [1.165, 1.54) is 11.8 Å². The van der Waals surface area contributed by atoms with Crippen LogP contribution in [0.15, 0.2) is 33.2 Å². The van der Waals surface area contributed by atoms with Crippen molar-refractivity contribution in [1.29, 1.82) is 0 Å². The first-order valence-electron chi connectivity index (χ1n) is 7.16. The summed E-state index contributed by atoms with van der Waals surface area (Å²) in [5, 5.41) is 11.7. The Morgan fingerprint density at radius 1 is 1.22 bits per heavy atom. The van der Waals surface area contributed by atoms with E-state index in [-0.39, 0.29) is 6.61 Å². The number of nitrogens with zero attached hydrogens (tertiary/aromatic N) is 3. The van der Waals surface area contributed by atoms with Crippen molar-refractivity contribution in [1.82, 2.24) is 15.2 Å². The second-order valence-electron chi connectivity index (χ2n) is 5.17. The fourth-order valence-corrected chi connectivity index (χ4v) is 3.36. The predicted molar refractivity (Wildman–Crippen MR) is 91.0 cm³/mol. The number of benzene rings is 1. The van der Waals surface area contributed by atoms with Gasteiger partial charge < -0.3 is 9.15 Å². The van der Waals surface area contributed by atoms with E-state index in [0.29, 0.717) is 11.1 Å². The van der Waals surface area contributed by atoms with Crippen molar-refractivity contribution < 1.29 is 9.15 Å². The molecule has 120 valence electrons. The Balaban J connectivity index is 1.55. The normalized spacial score (nSPS) is 10.9. The summed E-state index contributed by atoms with van der Waals surface area (Å²) in [6, 6.07) is 6.10. The van der Waals surface area contributed by atoms with Gasteiger partial charge in [-0.2, -0.15) is 0 Å². The average Bonchev–Trinajstić information content (AvgIpc) is 3.15. The molecule has 2 aromatic heterocycles. The van der Waals surface area contributed by atoms with Crippen LogP contribution >= 0.6 is 23.1 Å². The van der Waals surface area contributed by atoms with Gasteiger partial charge in [0.1, 0.15) is 5.75 Å². The second-order valence-corrected chi connectivity index (χ2v) is 7.15. The van der Waals surface area contributed by atoms with Gasteiger partial charge in [-0.15, -0.1) is 21.5 Å². The van der Waals surface area contributed by atoms with Crippen molar-refractivity contribution in [2.45, 2.75) is 38.4 Å². The first-order chi connectivity index (χ1) is 11.1. The van der Waals surface area contributed by atoms with E-state index in [2.05, 4.69) is 21.2 Å². The maximum atomic E-state index is 5.77. The fraction of sp³-hybridized carbons (Fsp3) is 0.312. The summed E-state index contributed by atoms with van der Waals surface area (Å²) in [6.45, 7) is 6.32. The van der Waals surface area contributed by atoms with Crippen molar-refractivity contribution in [3.63, 3.8) is 0 Å². The van der Waals surface area contributed by atoms with Gasteiger partial charge in [-0.05, 0) is 38.0 Å². The molecule has 0 N–H and O–H groups in total. The van der Waals surface area contributed by atoms with Crippen LogP contribution in [-0.2, 0) is 12.4 Å². The molecule has 5 nitrogen and oxygen atoms in total. The van der Waals surface area contributed by atoms with E-state index in [1.54, 1.807) is 11.3 Å². The average molecular weight is 347 g/mol. The monoisotopic (exact) mass is 347 g/mol. The molecule has 0 amide bonds. The first kappa shape index (κ1) is 16.0. The highest BCUT2D eigenvalue weighted by molar-refractivity contribution is 7.98. The number of thiazole rings is 1. The molecule has 3 rings (SSSR count). The maximum Gasteiger partial charge on any atom is 0.277 e. The third-order valence-corrected chi connectivity index (χ3v) is 4.83. The van der Waals surface area contributed by atoms with Crippen LogP contribution in [0.5, 0.6) is 5.75 Å². The Labute approximate surface area is 143 Å². The number of ether oxygens (including phenoxy) is 1. The summed E-state index contributed by atoms with van der Waals surface area (Å²) in [5.74, 6) is 2.04. The molecule has 0 aliphatic heterocycles. The molecular weight excluding hydrogens is 330 g/mol. The van der Waals surface area contributed by atoms with Crippen LogP contribution in [0.3, 0.4) is 0 Å². The topological polar surface area (TPSA) is 61.0 Å². The number of aromatic nitrogens is 3. The molecule has 7 heteroatoms. The lowest BCUT2D eigenvalue weighted by Gasteiger charge is -2.07. The molecule has 3 aromatic rings. The van der Waals surface area contributed by atoms with Crippen LogP contribution < -0.4 is 4.74 Å². The summed E-state index contributed by atoms with van der Waals surface area (Å²) in [4.78, 5) is 4.41. The molecule has 0 aliphatic carbocycles. The molecule has 0 bridgehead atoms. The van der Waals surface area contributed by atoms with Gasteiger partial charge >= 0.3 is 0 Å². The van der Waals surface area contributed by atoms with Gasteiger partial charge in [0, 0.05) is 11.1 Å². The molecule has 23 heavy (non-hydrogen) atoms. The van der Waals surface area contributed by atoms with Crippen molar-refractivity contribution in [3.05, 3.63) is 51.3 Å². The zero-order valence-electron chi connectivity index (χ0n) is 13.2. The summed E-state index contributed by atoms with van der Waals surface area (Å²) in [6.07, 6.45) is 0. The minimum Gasteiger partial charge on any atom is -0.484 e. The maximum absolute atomic E-state index is 5.77. The van der Waals surface area contributed by atoms with Gasteiger partial charge in [-0.3, -0.25) is 0 Å². The first-order valence-corrected chi connectivity index (χ1v) is 9.03. The zero-order valence-corrected chi connectivity index (χ0v) is 14.8. The summed E-state index contributed by atoms with van der Waals surface area (Å²) in [7, 11) is 0. The van der Waals surface area contributed by atoms with Gasteiger partial charge in [-0.25, -0.2) is 4.98 Å². The minimum atomic E-state index is 0.271. The zero-order chi connectivity index (χ0) is 16.2. The lowest BCUT2D eigenvalue weighted by molar-refractivity contribution is 0.250. The second kappa shape index (κ2) is 7.14. The van der Waals surface area contributed by atoms with E-state index in [1.807, 2.05) is 38.3 Å². The summed E-state index contributed by atoms with van der Waals surface area (Å²) >= 11 is 3.13. The van der Waals surface area contributed by atoms with E-state index in [4.69, 9.17) is 9.15 Å². The molecule has 1 aromatic carbocycles. The number of aryl methyl sites for hydroxylation is 3. The van der Waals surface area contributed by atoms with Gasteiger partial charge in [0.25, 0.3) is 11.1 Å². The van der Waals surface area contributed by atoms with Crippen molar-refractivity contribution in [3.8, 4) is 5.75 Å². The van der Waals surface area contributed by atoms with Crippen LogP contribution in [0.25, 0.3) is 0 Å². The van der Waals surface area contributed by atoms with Crippen molar-refractivity contribution in [2.24, 2.45) is 0 Å². The molecular formula is C16H17N3O2S2. The van der Waals surface area contributed by atoms with Crippen LogP contribution in [-0.4, -0.2) is 15.2 Å². The smallest absolute Gasteiger partial charge is 0.277 e. The van der Waals surface area contributed by atoms with Crippen LogP contribution in [0, 0.1) is 20.8 Å². The summed E-state index contributed by atoms with van der Waals surface area (Å²) < 4.78 is 11.4. The van der Waals surface area contributed by atoms with Gasteiger partial charge in [0.05, 0.1) is 10.7 Å². The third kappa shape index (κ3) is 4.33. The third-order valence-electron chi connectivity index (χ3n) is 3.15. The number of thioether (sulfide) groups is 1. The largest absolute Gasteiger partial charge is 0.484 e. The molecule has 0 unspecified atom stereocenters. The molecule has 0 aliphatic rings. The molecule has 0 atom stereocenters. The highest BCUT2D eigenvalue weighted by Gasteiger charge is 2.09. The Bertz CT molecular complexity index is 798. The standard InChI is InChI=1S/C16H17N3O2S2/c1-10-4-5-11(2)14(6-10)20-7-15-18-19-16(21-15)23-9-13-8-22-12(3)17-13/h4-6,8H,7,9H2,1-3H3. The Morgan fingerprint density at radius 2 is 2.09 bits per heavy atom. The number of rotatable bonds is 6. The highest BCUT2D eigenvalue weighted by atomic mass is 32.2. The highest BCUT2D eigenvalue weighted by Crippen LogP contribution is 2.24. The minimum absolute atomic E-state index is 0.271. The van der Waals surface area contributed by atoms with Crippen molar-refractivity contribution >= 4 is 23.1 Å².